The van der Waals surface area contributed by atoms with E-state index in [1.165, 1.54) is 0 Å². The molecule has 1 aliphatic rings. The van der Waals surface area contributed by atoms with Crippen LogP contribution in [0.5, 0.6) is 0 Å². The Morgan fingerprint density at radius 3 is 2.72 bits per heavy atom. The summed E-state index contributed by atoms with van der Waals surface area (Å²) in [5, 5.41) is 1.92. The van der Waals surface area contributed by atoms with Crippen molar-refractivity contribution in [2.45, 2.75) is 56.7 Å². The zero-order chi connectivity index (χ0) is 13.6. The van der Waals surface area contributed by atoms with Gasteiger partial charge in [0.15, 0.2) is 9.84 Å². The highest BCUT2D eigenvalue weighted by molar-refractivity contribution is 7.92. The molecule has 0 saturated carbocycles. The molecule has 1 fully saturated rings. The van der Waals surface area contributed by atoms with Crippen LogP contribution in [0.1, 0.15) is 45.4 Å². The lowest BCUT2D eigenvalue weighted by Gasteiger charge is -2.24. The van der Waals surface area contributed by atoms with Crippen LogP contribution in [-0.2, 0) is 14.6 Å². The summed E-state index contributed by atoms with van der Waals surface area (Å²) in [6, 6.07) is -0.102. The maximum atomic E-state index is 12.0. The molecule has 0 bridgehead atoms. The number of sulfone groups is 1. The predicted octanol–water partition coefficient (Wildman–Crippen LogP) is 0.587. The summed E-state index contributed by atoms with van der Waals surface area (Å²) in [5.41, 5.74) is 5.59. The Hall–Kier alpha value is -0.620. The van der Waals surface area contributed by atoms with Crippen molar-refractivity contribution in [3.05, 3.63) is 0 Å². The molecule has 2 atom stereocenters. The first kappa shape index (κ1) is 15.4. The standard InChI is InChI=1S/C12H24N2O3S/c1-2-3-6-10(9-13)14-12(15)11-7-4-5-8-18(11,16)17/h10-11H,2-9,13H2,1H3,(H,14,15). The van der Waals surface area contributed by atoms with Gasteiger partial charge in [-0.2, -0.15) is 0 Å². The van der Waals surface area contributed by atoms with E-state index in [4.69, 9.17) is 5.73 Å². The van der Waals surface area contributed by atoms with Crippen LogP contribution in [0.15, 0.2) is 0 Å². The first-order chi connectivity index (χ1) is 8.51. The fraction of sp³-hybridized carbons (Fsp3) is 0.917. The molecule has 3 N–H and O–H groups in total. The maximum Gasteiger partial charge on any atom is 0.238 e. The van der Waals surface area contributed by atoms with E-state index in [-0.39, 0.29) is 17.7 Å². The number of unbranched alkanes of at least 4 members (excludes halogenated alkanes) is 1. The lowest BCUT2D eigenvalue weighted by Crippen LogP contribution is -2.48. The highest BCUT2D eigenvalue weighted by Crippen LogP contribution is 2.19. The molecule has 0 aromatic carbocycles. The van der Waals surface area contributed by atoms with Crippen LogP contribution in [0.3, 0.4) is 0 Å². The summed E-state index contributed by atoms with van der Waals surface area (Å²) < 4.78 is 23.6. The van der Waals surface area contributed by atoms with Crippen molar-refractivity contribution in [3.63, 3.8) is 0 Å². The quantitative estimate of drug-likeness (QED) is 0.743. The summed E-state index contributed by atoms with van der Waals surface area (Å²) in [5.74, 6) is -0.228. The van der Waals surface area contributed by atoms with Gasteiger partial charge in [-0.25, -0.2) is 8.42 Å². The molecule has 0 aromatic rings. The highest BCUT2D eigenvalue weighted by Gasteiger charge is 2.35. The second kappa shape index (κ2) is 7.09. The van der Waals surface area contributed by atoms with E-state index < -0.39 is 15.1 Å². The number of carbonyl (C=O) groups is 1. The molecular weight excluding hydrogens is 252 g/mol. The molecule has 1 saturated heterocycles. The summed E-state index contributed by atoms with van der Waals surface area (Å²) in [6.07, 6.45) is 4.75. The normalized spacial score (nSPS) is 24.4. The third kappa shape index (κ3) is 4.24. The van der Waals surface area contributed by atoms with Crippen molar-refractivity contribution >= 4 is 15.7 Å². The van der Waals surface area contributed by atoms with Crippen molar-refractivity contribution in [3.8, 4) is 0 Å². The van der Waals surface area contributed by atoms with Gasteiger partial charge in [-0.05, 0) is 19.3 Å². The topological polar surface area (TPSA) is 89.3 Å². The Labute approximate surface area is 109 Å². The molecular formula is C12H24N2O3S. The lowest BCUT2D eigenvalue weighted by molar-refractivity contribution is -0.121. The number of nitrogens with one attached hydrogen (secondary N) is 1. The molecule has 1 aliphatic heterocycles. The molecule has 6 heteroatoms. The highest BCUT2D eigenvalue weighted by atomic mass is 32.2. The molecule has 1 rings (SSSR count). The Morgan fingerprint density at radius 1 is 1.44 bits per heavy atom. The second-order valence-electron chi connectivity index (χ2n) is 4.93. The molecule has 0 aliphatic carbocycles. The number of hydrogen-bond acceptors (Lipinski definition) is 4. The predicted molar refractivity (Wildman–Crippen MR) is 71.9 cm³/mol. The Morgan fingerprint density at radius 2 is 2.17 bits per heavy atom. The minimum atomic E-state index is -3.25. The van der Waals surface area contributed by atoms with E-state index in [2.05, 4.69) is 12.2 Å². The minimum Gasteiger partial charge on any atom is -0.351 e. The summed E-state index contributed by atoms with van der Waals surface area (Å²) in [7, 11) is -3.25. The third-order valence-corrected chi connectivity index (χ3v) is 5.58. The molecule has 5 nitrogen and oxygen atoms in total. The van der Waals surface area contributed by atoms with Gasteiger partial charge in [-0.15, -0.1) is 0 Å². The van der Waals surface area contributed by atoms with Crippen LogP contribution in [0.4, 0.5) is 0 Å². The summed E-state index contributed by atoms with van der Waals surface area (Å²) >= 11 is 0. The summed E-state index contributed by atoms with van der Waals surface area (Å²) in [6.45, 7) is 2.43. The monoisotopic (exact) mass is 276 g/mol. The first-order valence-electron chi connectivity index (χ1n) is 6.73. The fourth-order valence-corrected chi connectivity index (χ4v) is 4.05. The lowest BCUT2D eigenvalue weighted by atomic mass is 10.1. The van der Waals surface area contributed by atoms with Crippen LogP contribution >= 0.6 is 0 Å². The van der Waals surface area contributed by atoms with Gasteiger partial charge in [0.1, 0.15) is 5.25 Å². The van der Waals surface area contributed by atoms with Gasteiger partial charge in [0, 0.05) is 12.6 Å². The van der Waals surface area contributed by atoms with Gasteiger partial charge in [0.25, 0.3) is 0 Å². The molecule has 0 radical (unpaired) electrons. The number of carbonyl (C=O) groups excluding carboxylic acids is 1. The van der Waals surface area contributed by atoms with E-state index in [1.807, 2.05) is 0 Å². The molecule has 1 heterocycles. The number of hydrogen-bond donors (Lipinski definition) is 2. The van der Waals surface area contributed by atoms with E-state index in [1.54, 1.807) is 0 Å². The van der Waals surface area contributed by atoms with Gasteiger partial charge in [-0.3, -0.25) is 4.79 Å². The van der Waals surface area contributed by atoms with Crippen molar-refractivity contribution in [1.29, 1.82) is 0 Å². The largest absolute Gasteiger partial charge is 0.351 e. The van der Waals surface area contributed by atoms with Gasteiger partial charge >= 0.3 is 0 Å². The molecule has 2 unspecified atom stereocenters. The third-order valence-electron chi connectivity index (χ3n) is 3.41. The number of amides is 1. The van der Waals surface area contributed by atoms with Crippen molar-refractivity contribution < 1.29 is 13.2 Å². The van der Waals surface area contributed by atoms with Crippen LogP contribution in [0.25, 0.3) is 0 Å². The van der Waals surface area contributed by atoms with Gasteiger partial charge in [0.05, 0.1) is 5.75 Å². The minimum absolute atomic E-state index is 0.102. The molecule has 0 spiro atoms. The second-order valence-corrected chi connectivity index (χ2v) is 7.24. The zero-order valence-electron chi connectivity index (χ0n) is 11.0. The van der Waals surface area contributed by atoms with Gasteiger partial charge in [-0.1, -0.05) is 26.2 Å². The SMILES string of the molecule is CCCCC(CN)NC(=O)C1CCCCS1(=O)=O. The smallest absolute Gasteiger partial charge is 0.238 e. The molecule has 106 valence electrons. The van der Waals surface area contributed by atoms with Crippen molar-refractivity contribution in [2.24, 2.45) is 5.73 Å². The van der Waals surface area contributed by atoms with Crippen LogP contribution in [-0.4, -0.2) is 37.9 Å². The average Bonchev–Trinajstić information content (AvgIpc) is 2.33. The van der Waals surface area contributed by atoms with Gasteiger partial charge in [0.2, 0.25) is 5.91 Å². The van der Waals surface area contributed by atoms with Crippen LogP contribution < -0.4 is 11.1 Å². The summed E-state index contributed by atoms with van der Waals surface area (Å²) in [4.78, 5) is 12.0. The number of rotatable bonds is 6. The average molecular weight is 276 g/mol. The van der Waals surface area contributed by atoms with E-state index in [0.29, 0.717) is 19.4 Å². The fourth-order valence-electron chi connectivity index (χ4n) is 2.24. The van der Waals surface area contributed by atoms with Crippen LogP contribution in [0.2, 0.25) is 0 Å². The Bertz CT molecular complexity index is 368. The maximum absolute atomic E-state index is 12.0. The first-order valence-corrected chi connectivity index (χ1v) is 8.44. The molecule has 18 heavy (non-hydrogen) atoms. The van der Waals surface area contributed by atoms with Crippen molar-refractivity contribution in [1.82, 2.24) is 5.32 Å². The van der Waals surface area contributed by atoms with Crippen LogP contribution in [0, 0.1) is 0 Å². The van der Waals surface area contributed by atoms with E-state index in [9.17, 15) is 13.2 Å². The van der Waals surface area contributed by atoms with E-state index >= 15 is 0 Å². The number of nitrogens with two attached hydrogens (primary N) is 1. The van der Waals surface area contributed by atoms with E-state index in [0.717, 1.165) is 25.7 Å². The van der Waals surface area contributed by atoms with Gasteiger partial charge < -0.3 is 11.1 Å². The Balaban J connectivity index is 2.57. The van der Waals surface area contributed by atoms with Crippen molar-refractivity contribution in [2.75, 3.05) is 12.3 Å². The molecule has 0 aromatic heterocycles. The molecule has 1 amide bonds. The Kier molecular flexibility index (Phi) is 6.08. The zero-order valence-corrected chi connectivity index (χ0v) is 11.8.